The molecule has 3 amide bonds. The smallest absolute Gasteiger partial charge is 0.251 e. The Labute approximate surface area is 202 Å². The fourth-order valence-electron chi connectivity index (χ4n) is 4.40. The maximum Gasteiger partial charge on any atom is 0.251 e. The number of amides is 3. The second-order valence-electron chi connectivity index (χ2n) is 8.73. The van der Waals surface area contributed by atoms with Gasteiger partial charge < -0.3 is 10.2 Å². The molecule has 0 radical (unpaired) electrons. The SMILES string of the molecule is Cc1ccc2nc(N3CCN(CCNC(=O)c4cccc(N5C(=O)CCC5=O)c4)CC3)sc2c1. The molecule has 2 saturated heterocycles. The first-order valence-electron chi connectivity index (χ1n) is 11.6. The molecular formula is C25H27N5O3S. The number of fused-ring (bicyclic) bond motifs is 1. The number of thiazole rings is 1. The minimum absolute atomic E-state index is 0.204. The minimum Gasteiger partial charge on any atom is -0.351 e. The highest BCUT2D eigenvalue weighted by atomic mass is 32.1. The summed E-state index contributed by atoms with van der Waals surface area (Å²) in [6.07, 6.45) is 0.447. The van der Waals surface area contributed by atoms with Gasteiger partial charge in [0, 0.05) is 57.7 Å². The van der Waals surface area contributed by atoms with Gasteiger partial charge in [-0.05, 0) is 42.8 Å². The molecule has 5 rings (SSSR count). The van der Waals surface area contributed by atoms with Crippen molar-refractivity contribution in [1.82, 2.24) is 15.2 Å². The monoisotopic (exact) mass is 477 g/mol. The minimum atomic E-state index is -0.220. The summed E-state index contributed by atoms with van der Waals surface area (Å²) >= 11 is 1.74. The summed E-state index contributed by atoms with van der Waals surface area (Å²) in [5, 5.41) is 4.03. The van der Waals surface area contributed by atoms with Gasteiger partial charge in [0.1, 0.15) is 0 Å². The molecule has 0 saturated carbocycles. The van der Waals surface area contributed by atoms with Gasteiger partial charge in [-0.3, -0.25) is 24.2 Å². The zero-order chi connectivity index (χ0) is 23.7. The van der Waals surface area contributed by atoms with E-state index in [4.69, 9.17) is 4.98 Å². The number of aromatic nitrogens is 1. The predicted molar refractivity (Wildman–Crippen MR) is 134 cm³/mol. The van der Waals surface area contributed by atoms with Gasteiger partial charge in [-0.15, -0.1) is 0 Å². The number of piperazine rings is 1. The second-order valence-corrected chi connectivity index (χ2v) is 9.73. The summed E-state index contributed by atoms with van der Waals surface area (Å²) in [6, 6.07) is 13.1. The summed E-state index contributed by atoms with van der Waals surface area (Å²) in [4.78, 5) is 47.2. The van der Waals surface area contributed by atoms with Crippen LogP contribution in [0.1, 0.15) is 28.8 Å². The van der Waals surface area contributed by atoms with Gasteiger partial charge in [-0.1, -0.05) is 23.5 Å². The van der Waals surface area contributed by atoms with E-state index in [2.05, 4.69) is 40.2 Å². The number of aryl methyl sites for hydroxylation is 1. The second kappa shape index (κ2) is 9.52. The quantitative estimate of drug-likeness (QED) is 0.550. The zero-order valence-electron chi connectivity index (χ0n) is 19.1. The van der Waals surface area contributed by atoms with Crippen molar-refractivity contribution in [2.24, 2.45) is 0 Å². The third kappa shape index (κ3) is 4.67. The van der Waals surface area contributed by atoms with Gasteiger partial charge in [0.15, 0.2) is 5.13 Å². The number of hydrogen-bond donors (Lipinski definition) is 1. The fraction of sp³-hybridized carbons (Fsp3) is 0.360. The number of nitrogens with zero attached hydrogens (tertiary/aromatic N) is 4. The topological polar surface area (TPSA) is 85.8 Å². The lowest BCUT2D eigenvalue weighted by Crippen LogP contribution is -2.48. The van der Waals surface area contributed by atoms with Crippen LogP contribution >= 0.6 is 11.3 Å². The van der Waals surface area contributed by atoms with Gasteiger partial charge in [0.2, 0.25) is 11.8 Å². The molecule has 1 N–H and O–H groups in total. The van der Waals surface area contributed by atoms with E-state index in [1.54, 1.807) is 35.6 Å². The third-order valence-electron chi connectivity index (χ3n) is 6.31. The molecule has 0 aliphatic carbocycles. The average Bonchev–Trinajstić information content (AvgIpc) is 3.41. The largest absolute Gasteiger partial charge is 0.351 e. The molecule has 176 valence electrons. The molecule has 0 atom stereocenters. The Morgan fingerprint density at radius 3 is 2.56 bits per heavy atom. The number of rotatable bonds is 6. The molecule has 3 heterocycles. The van der Waals surface area contributed by atoms with E-state index in [-0.39, 0.29) is 30.6 Å². The number of hydrogen-bond acceptors (Lipinski definition) is 7. The van der Waals surface area contributed by atoms with Crippen molar-refractivity contribution in [1.29, 1.82) is 0 Å². The van der Waals surface area contributed by atoms with Crippen molar-refractivity contribution in [3.63, 3.8) is 0 Å². The summed E-state index contributed by atoms with van der Waals surface area (Å²) in [6.45, 7) is 7.05. The Morgan fingerprint density at radius 2 is 1.79 bits per heavy atom. The Morgan fingerprint density at radius 1 is 1.03 bits per heavy atom. The van der Waals surface area contributed by atoms with Crippen LogP contribution < -0.4 is 15.1 Å². The standard InChI is InChI=1S/C25H27N5O3S/c1-17-5-6-20-21(15-17)34-25(27-20)29-13-11-28(12-14-29)10-9-26-24(33)18-3-2-4-19(16-18)30-22(31)7-8-23(30)32/h2-6,15-16H,7-14H2,1H3,(H,26,33). The van der Waals surface area contributed by atoms with Crippen LogP contribution in [0.15, 0.2) is 42.5 Å². The van der Waals surface area contributed by atoms with Crippen LogP contribution in [-0.4, -0.2) is 66.9 Å². The van der Waals surface area contributed by atoms with Crippen molar-refractivity contribution < 1.29 is 14.4 Å². The lowest BCUT2D eigenvalue weighted by Gasteiger charge is -2.34. The van der Waals surface area contributed by atoms with Crippen LogP contribution in [0.2, 0.25) is 0 Å². The molecule has 1 aromatic heterocycles. The van der Waals surface area contributed by atoms with Crippen molar-refractivity contribution in [3.05, 3.63) is 53.6 Å². The van der Waals surface area contributed by atoms with Crippen LogP contribution in [0.5, 0.6) is 0 Å². The van der Waals surface area contributed by atoms with E-state index in [0.29, 0.717) is 17.8 Å². The summed E-state index contributed by atoms with van der Waals surface area (Å²) in [5.74, 6) is -0.644. The number of carbonyl (C=O) groups is 3. The van der Waals surface area contributed by atoms with E-state index in [1.807, 2.05) is 0 Å². The first-order chi connectivity index (χ1) is 16.5. The van der Waals surface area contributed by atoms with Crippen molar-refractivity contribution in [3.8, 4) is 0 Å². The first kappa shape index (κ1) is 22.5. The van der Waals surface area contributed by atoms with Gasteiger partial charge >= 0.3 is 0 Å². The third-order valence-corrected chi connectivity index (χ3v) is 7.39. The van der Waals surface area contributed by atoms with Crippen LogP contribution in [0.3, 0.4) is 0 Å². The van der Waals surface area contributed by atoms with E-state index in [1.165, 1.54) is 15.2 Å². The highest BCUT2D eigenvalue weighted by molar-refractivity contribution is 7.22. The molecule has 2 fully saturated rings. The highest BCUT2D eigenvalue weighted by Gasteiger charge is 2.30. The van der Waals surface area contributed by atoms with E-state index in [0.717, 1.165) is 43.4 Å². The van der Waals surface area contributed by atoms with Crippen molar-refractivity contribution in [2.45, 2.75) is 19.8 Å². The molecule has 2 aliphatic rings. The molecule has 34 heavy (non-hydrogen) atoms. The van der Waals surface area contributed by atoms with Crippen LogP contribution in [0.25, 0.3) is 10.2 Å². The summed E-state index contributed by atoms with van der Waals surface area (Å²) in [7, 11) is 0. The van der Waals surface area contributed by atoms with Gasteiger partial charge in [0.25, 0.3) is 5.91 Å². The number of benzene rings is 2. The predicted octanol–water partition coefficient (Wildman–Crippen LogP) is 2.81. The fourth-order valence-corrected chi connectivity index (χ4v) is 5.51. The number of carbonyl (C=O) groups excluding carboxylic acids is 3. The van der Waals surface area contributed by atoms with Crippen LogP contribution in [-0.2, 0) is 9.59 Å². The molecule has 8 nitrogen and oxygen atoms in total. The molecular weight excluding hydrogens is 450 g/mol. The average molecular weight is 478 g/mol. The summed E-state index contributed by atoms with van der Waals surface area (Å²) in [5.41, 5.74) is 3.21. The Balaban J connectivity index is 1.11. The van der Waals surface area contributed by atoms with Crippen LogP contribution in [0.4, 0.5) is 10.8 Å². The van der Waals surface area contributed by atoms with E-state index in [9.17, 15) is 14.4 Å². The Bertz CT molecular complexity index is 1230. The normalized spacial score (nSPS) is 17.1. The number of nitrogens with one attached hydrogen (secondary N) is 1. The molecule has 9 heteroatoms. The lowest BCUT2D eigenvalue weighted by molar-refractivity contribution is -0.121. The molecule has 2 aromatic carbocycles. The van der Waals surface area contributed by atoms with Crippen molar-refractivity contribution >= 4 is 50.1 Å². The van der Waals surface area contributed by atoms with E-state index < -0.39 is 0 Å². The van der Waals surface area contributed by atoms with Gasteiger partial charge in [-0.2, -0.15) is 0 Å². The molecule has 2 aliphatic heterocycles. The van der Waals surface area contributed by atoms with Gasteiger partial charge in [-0.25, -0.2) is 4.98 Å². The first-order valence-corrected chi connectivity index (χ1v) is 12.4. The maximum atomic E-state index is 12.6. The zero-order valence-corrected chi connectivity index (χ0v) is 19.9. The number of anilines is 2. The van der Waals surface area contributed by atoms with Gasteiger partial charge in [0.05, 0.1) is 15.9 Å². The van der Waals surface area contributed by atoms with E-state index >= 15 is 0 Å². The maximum absolute atomic E-state index is 12.6. The molecule has 3 aromatic rings. The number of imide groups is 1. The molecule has 0 spiro atoms. The van der Waals surface area contributed by atoms with Crippen molar-refractivity contribution in [2.75, 3.05) is 49.1 Å². The summed E-state index contributed by atoms with van der Waals surface area (Å²) < 4.78 is 1.22. The molecule has 0 unspecified atom stereocenters. The Hall–Kier alpha value is -3.30. The highest BCUT2D eigenvalue weighted by Crippen LogP contribution is 2.30. The molecule has 0 bridgehead atoms. The van der Waals surface area contributed by atoms with Crippen LogP contribution in [0, 0.1) is 6.92 Å². The lowest BCUT2D eigenvalue weighted by atomic mass is 10.1. The Kier molecular flexibility index (Phi) is 6.30.